The van der Waals surface area contributed by atoms with Crippen LogP contribution >= 0.6 is 0 Å². The van der Waals surface area contributed by atoms with E-state index in [0.29, 0.717) is 18.7 Å². The molecule has 1 aliphatic heterocycles. The van der Waals surface area contributed by atoms with Gasteiger partial charge in [0.1, 0.15) is 0 Å². The molecule has 3 aromatic rings. The summed E-state index contributed by atoms with van der Waals surface area (Å²) in [4.78, 5) is 5.57. The summed E-state index contributed by atoms with van der Waals surface area (Å²) in [6, 6.07) is 11.8. The van der Waals surface area contributed by atoms with Gasteiger partial charge in [-0.25, -0.2) is 8.78 Å². The summed E-state index contributed by atoms with van der Waals surface area (Å²) in [6.07, 6.45) is 0.0650. The van der Waals surface area contributed by atoms with Gasteiger partial charge in [-0.15, -0.1) is 0 Å². The monoisotopic (exact) mass is 328 g/mol. The molecule has 0 spiro atoms. The summed E-state index contributed by atoms with van der Waals surface area (Å²) in [5.41, 5.74) is 4.03. The summed E-state index contributed by atoms with van der Waals surface area (Å²) in [5, 5.41) is 11.6. The van der Waals surface area contributed by atoms with Crippen molar-refractivity contribution in [3.05, 3.63) is 70.9 Å². The predicted octanol–water partition coefficient (Wildman–Crippen LogP) is 3.54. The molecule has 3 nitrogen and oxygen atoms in total. The van der Waals surface area contributed by atoms with Gasteiger partial charge in [-0.3, -0.25) is 4.90 Å². The van der Waals surface area contributed by atoms with Gasteiger partial charge in [-0.1, -0.05) is 24.3 Å². The number of para-hydroxylation sites is 1. The van der Waals surface area contributed by atoms with Crippen LogP contribution in [0.3, 0.4) is 0 Å². The lowest BCUT2D eigenvalue weighted by atomic mass is 10.0. The normalized spacial score (nSPS) is 16.3. The van der Waals surface area contributed by atoms with E-state index in [1.807, 2.05) is 12.1 Å². The van der Waals surface area contributed by atoms with Crippen LogP contribution in [0.1, 0.15) is 22.9 Å². The Bertz CT molecular complexity index is 890. The van der Waals surface area contributed by atoms with Crippen LogP contribution in [0.2, 0.25) is 0 Å². The third-order valence-electron chi connectivity index (χ3n) is 4.72. The maximum absolute atomic E-state index is 13.3. The molecule has 0 aliphatic carbocycles. The molecule has 1 aromatic heterocycles. The van der Waals surface area contributed by atoms with Crippen molar-refractivity contribution in [2.75, 3.05) is 13.1 Å². The van der Waals surface area contributed by atoms with Crippen molar-refractivity contribution < 1.29 is 13.9 Å². The molecule has 1 aliphatic rings. The second kappa shape index (κ2) is 6.00. The smallest absolute Gasteiger partial charge is 0.159 e. The number of halogens is 2. The van der Waals surface area contributed by atoms with Gasteiger partial charge in [-0.2, -0.15) is 0 Å². The van der Waals surface area contributed by atoms with Gasteiger partial charge in [0.2, 0.25) is 0 Å². The lowest BCUT2D eigenvalue weighted by molar-refractivity contribution is 0.105. The van der Waals surface area contributed by atoms with Crippen molar-refractivity contribution in [2.24, 2.45) is 0 Å². The number of aliphatic hydroxyl groups is 1. The molecule has 1 unspecified atom stereocenters. The van der Waals surface area contributed by atoms with Gasteiger partial charge in [0.25, 0.3) is 0 Å². The minimum Gasteiger partial charge on any atom is -0.387 e. The molecule has 24 heavy (non-hydrogen) atoms. The van der Waals surface area contributed by atoms with Crippen LogP contribution in [0, 0.1) is 11.6 Å². The summed E-state index contributed by atoms with van der Waals surface area (Å²) < 4.78 is 26.3. The standard InChI is InChI=1S/C19H18F2N2O/c20-15-6-5-12(9-16(15)21)19(24)11-23-8-7-14-13-3-1-2-4-17(13)22-18(14)10-23/h1-6,9,19,22,24H,7-8,10-11H2. The Morgan fingerprint density at radius 2 is 1.96 bits per heavy atom. The Hall–Kier alpha value is -2.24. The quantitative estimate of drug-likeness (QED) is 0.772. The number of aliphatic hydroxyl groups excluding tert-OH is 1. The number of rotatable bonds is 3. The van der Waals surface area contributed by atoms with E-state index in [2.05, 4.69) is 22.0 Å². The van der Waals surface area contributed by atoms with Crippen molar-refractivity contribution in [1.82, 2.24) is 9.88 Å². The Kier molecular flexibility index (Phi) is 3.82. The highest BCUT2D eigenvalue weighted by atomic mass is 19.2. The zero-order valence-corrected chi connectivity index (χ0v) is 13.1. The molecule has 0 bridgehead atoms. The maximum Gasteiger partial charge on any atom is 0.159 e. The van der Waals surface area contributed by atoms with Crippen LogP contribution in [-0.2, 0) is 13.0 Å². The highest BCUT2D eigenvalue weighted by Gasteiger charge is 2.23. The molecule has 1 atom stereocenters. The number of aromatic nitrogens is 1. The van der Waals surface area contributed by atoms with E-state index < -0.39 is 17.7 Å². The van der Waals surface area contributed by atoms with Crippen molar-refractivity contribution in [3.63, 3.8) is 0 Å². The minimum atomic E-state index is -0.928. The van der Waals surface area contributed by atoms with Crippen molar-refractivity contribution in [2.45, 2.75) is 19.1 Å². The van der Waals surface area contributed by atoms with Gasteiger partial charge < -0.3 is 10.1 Å². The van der Waals surface area contributed by atoms with Crippen LogP contribution < -0.4 is 0 Å². The summed E-state index contributed by atoms with van der Waals surface area (Å²) in [7, 11) is 0. The van der Waals surface area contributed by atoms with Crippen molar-refractivity contribution in [3.8, 4) is 0 Å². The van der Waals surface area contributed by atoms with Gasteiger partial charge in [0.15, 0.2) is 11.6 Å². The number of hydrogen-bond donors (Lipinski definition) is 2. The van der Waals surface area contributed by atoms with E-state index in [0.717, 1.165) is 30.6 Å². The number of nitrogens with one attached hydrogen (secondary N) is 1. The van der Waals surface area contributed by atoms with Gasteiger partial charge >= 0.3 is 0 Å². The van der Waals surface area contributed by atoms with Crippen LogP contribution in [0.25, 0.3) is 10.9 Å². The highest BCUT2D eigenvalue weighted by Crippen LogP contribution is 2.28. The molecule has 2 aromatic carbocycles. The first-order valence-electron chi connectivity index (χ1n) is 8.05. The molecule has 0 saturated carbocycles. The van der Waals surface area contributed by atoms with Gasteiger partial charge in [-0.05, 0) is 35.7 Å². The first-order valence-corrected chi connectivity index (χ1v) is 8.05. The van der Waals surface area contributed by atoms with Crippen LogP contribution in [0.5, 0.6) is 0 Å². The molecule has 0 radical (unpaired) electrons. The van der Waals surface area contributed by atoms with E-state index in [1.54, 1.807) is 0 Å². The topological polar surface area (TPSA) is 39.3 Å². The van der Waals surface area contributed by atoms with Gasteiger partial charge in [0.05, 0.1) is 6.10 Å². The Morgan fingerprint density at radius 1 is 1.12 bits per heavy atom. The largest absolute Gasteiger partial charge is 0.387 e. The van der Waals surface area contributed by atoms with E-state index in [1.165, 1.54) is 22.7 Å². The summed E-state index contributed by atoms with van der Waals surface area (Å²) in [5.74, 6) is -1.82. The number of β-amino-alcohol motifs (C(OH)–C–C–N with tert-alkyl or cyclic N) is 1. The number of aromatic amines is 1. The number of nitrogens with zero attached hydrogens (tertiary/aromatic N) is 1. The molecule has 4 rings (SSSR count). The number of hydrogen-bond acceptors (Lipinski definition) is 2. The predicted molar refractivity (Wildman–Crippen MR) is 88.6 cm³/mol. The fourth-order valence-electron chi connectivity index (χ4n) is 3.47. The molecular weight excluding hydrogens is 310 g/mol. The molecule has 124 valence electrons. The second-order valence-corrected chi connectivity index (χ2v) is 6.30. The van der Waals surface area contributed by atoms with Crippen molar-refractivity contribution in [1.29, 1.82) is 0 Å². The van der Waals surface area contributed by atoms with Crippen LogP contribution in [0.15, 0.2) is 42.5 Å². The number of fused-ring (bicyclic) bond motifs is 3. The zero-order chi connectivity index (χ0) is 16.7. The number of benzene rings is 2. The van der Waals surface area contributed by atoms with Crippen LogP contribution in [0.4, 0.5) is 8.78 Å². The summed E-state index contributed by atoms with van der Waals surface area (Å²) in [6.45, 7) is 1.93. The average Bonchev–Trinajstić information content (AvgIpc) is 2.95. The molecule has 5 heteroatoms. The lowest BCUT2D eigenvalue weighted by Gasteiger charge is -2.29. The lowest BCUT2D eigenvalue weighted by Crippen LogP contribution is -2.33. The van der Waals surface area contributed by atoms with Gasteiger partial charge in [0, 0.05) is 36.2 Å². The van der Waals surface area contributed by atoms with Crippen molar-refractivity contribution >= 4 is 10.9 Å². The zero-order valence-electron chi connectivity index (χ0n) is 13.1. The Morgan fingerprint density at radius 3 is 2.79 bits per heavy atom. The molecule has 0 saturated heterocycles. The molecule has 0 amide bonds. The Labute approximate surface area is 138 Å². The average molecular weight is 328 g/mol. The SMILES string of the molecule is OC(CN1CCc2c([nH]c3ccccc23)C1)c1ccc(F)c(F)c1. The number of H-pyrrole nitrogens is 1. The fraction of sp³-hybridized carbons (Fsp3) is 0.263. The first kappa shape index (κ1) is 15.3. The second-order valence-electron chi connectivity index (χ2n) is 6.30. The van der Waals surface area contributed by atoms with E-state index >= 15 is 0 Å². The molecule has 2 heterocycles. The summed E-state index contributed by atoms with van der Waals surface area (Å²) >= 11 is 0. The van der Waals surface area contributed by atoms with E-state index in [-0.39, 0.29) is 0 Å². The minimum absolute atomic E-state index is 0.389. The van der Waals surface area contributed by atoms with E-state index in [9.17, 15) is 13.9 Å². The highest BCUT2D eigenvalue weighted by molar-refractivity contribution is 5.84. The van der Waals surface area contributed by atoms with Crippen LogP contribution in [-0.4, -0.2) is 28.1 Å². The Balaban J connectivity index is 1.51. The maximum atomic E-state index is 13.3. The third-order valence-corrected chi connectivity index (χ3v) is 4.72. The van der Waals surface area contributed by atoms with E-state index in [4.69, 9.17) is 0 Å². The molecule has 0 fully saturated rings. The molecular formula is C19H18F2N2O. The first-order chi connectivity index (χ1) is 11.6. The third kappa shape index (κ3) is 2.70. The fourth-order valence-corrected chi connectivity index (χ4v) is 3.47. The molecule has 2 N–H and O–H groups in total.